The van der Waals surface area contributed by atoms with Crippen molar-refractivity contribution < 1.29 is 0 Å². The second-order valence-corrected chi connectivity index (χ2v) is 6.01. The summed E-state index contributed by atoms with van der Waals surface area (Å²) >= 11 is 1.82. The molecule has 1 nitrogen and oxygen atoms in total. The van der Waals surface area contributed by atoms with Crippen LogP contribution in [-0.2, 0) is 0 Å². The Morgan fingerprint density at radius 3 is 2.53 bits per heavy atom. The predicted molar refractivity (Wildman–Crippen MR) is 83.7 cm³/mol. The third kappa shape index (κ3) is 3.40. The summed E-state index contributed by atoms with van der Waals surface area (Å²) in [6, 6.07) is 15.2. The zero-order valence-electron chi connectivity index (χ0n) is 11.8. The Hall–Kier alpha value is -1.25. The van der Waals surface area contributed by atoms with Crippen LogP contribution in [-0.4, -0.2) is 0 Å². The van der Waals surface area contributed by atoms with Gasteiger partial charge in [0.05, 0.1) is 0 Å². The highest BCUT2D eigenvalue weighted by Gasteiger charge is 2.10. The number of benzene rings is 2. The van der Waals surface area contributed by atoms with E-state index in [1.54, 1.807) is 0 Å². The lowest BCUT2D eigenvalue weighted by Gasteiger charge is -2.15. The highest BCUT2D eigenvalue weighted by molar-refractivity contribution is 7.99. The highest BCUT2D eigenvalue weighted by atomic mass is 32.2. The summed E-state index contributed by atoms with van der Waals surface area (Å²) in [5.41, 5.74) is 10.1. The first kappa shape index (κ1) is 14.2. The minimum Gasteiger partial charge on any atom is -0.324 e. The van der Waals surface area contributed by atoms with Crippen molar-refractivity contribution in [1.29, 1.82) is 0 Å². The minimum absolute atomic E-state index is 0.119. The summed E-state index contributed by atoms with van der Waals surface area (Å²) in [7, 11) is 0. The van der Waals surface area contributed by atoms with Gasteiger partial charge in [-0.05, 0) is 49.1 Å². The molecule has 2 heteroatoms. The molecule has 19 heavy (non-hydrogen) atoms. The van der Waals surface area contributed by atoms with E-state index in [4.69, 9.17) is 5.73 Å². The molecule has 0 fully saturated rings. The van der Waals surface area contributed by atoms with Crippen LogP contribution in [0.15, 0.2) is 52.3 Å². The largest absolute Gasteiger partial charge is 0.324 e. The molecule has 100 valence electrons. The van der Waals surface area contributed by atoms with E-state index in [1.807, 2.05) is 11.8 Å². The quantitative estimate of drug-likeness (QED) is 0.859. The molecule has 0 aliphatic carbocycles. The van der Waals surface area contributed by atoms with Gasteiger partial charge < -0.3 is 5.73 Å². The molecule has 1 unspecified atom stereocenters. The van der Waals surface area contributed by atoms with Gasteiger partial charge in [-0.3, -0.25) is 0 Å². The maximum absolute atomic E-state index is 6.20. The number of hydrogen-bond donors (Lipinski definition) is 1. The first-order valence-electron chi connectivity index (χ1n) is 6.71. The number of rotatable bonds is 4. The average Bonchev–Trinajstić information content (AvgIpc) is 2.42. The smallest absolute Gasteiger partial charge is 0.0303 e. The van der Waals surface area contributed by atoms with Crippen molar-refractivity contribution in [2.45, 2.75) is 43.0 Å². The third-order valence-electron chi connectivity index (χ3n) is 3.32. The fourth-order valence-electron chi connectivity index (χ4n) is 2.04. The van der Waals surface area contributed by atoms with Crippen molar-refractivity contribution in [3.63, 3.8) is 0 Å². The van der Waals surface area contributed by atoms with Gasteiger partial charge in [0.15, 0.2) is 0 Å². The normalized spacial score (nSPS) is 12.4. The molecular formula is C17H21NS. The minimum atomic E-state index is 0.119. The molecule has 0 spiro atoms. The molecule has 2 rings (SSSR count). The molecule has 0 saturated heterocycles. The molecule has 0 radical (unpaired) electrons. The second-order valence-electron chi connectivity index (χ2n) is 4.92. The van der Waals surface area contributed by atoms with Gasteiger partial charge >= 0.3 is 0 Å². The SMILES string of the molecule is CCC(N)c1ccccc1Sc1cc(C)ccc1C. The lowest BCUT2D eigenvalue weighted by Crippen LogP contribution is -2.09. The van der Waals surface area contributed by atoms with E-state index in [2.05, 4.69) is 63.2 Å². The van der Waals surface area contributed by atoms with Crippen molar-refractivity contribution in [3.8, 4) is 0 Å². The van der Waals surface area contributed by atoms with Crippen molar-refractivity contribution in [3.05, 3.63) is 59.2 Å². The van der Waals surface area contributed by atoms with E-state index in [0.29, 0.717) is 0 Å². The maximum atomic E-state index is 6.20. The molecule has 2 aromatic rings. The zero-order chi connectivity index (χ0) is 13.8. The summed E-state index contributed by atoms with van der Waals surface area (Å²) in [4.78, 5) is 2.58. The lowest BCUT2D eigenvalue weighted by atomic mass is 10.1. The Labute approximate surface area is 120 Å². The molecule has 0 aliphatic rings. The van der Waals surface area contributed by atoms with Crippen LogP contribution in [0.25, 0.3) is 0 Å². The van der Waals surface area contributed by atoms with E-state index < -0.39 is 0 Å². The molecule has 2 N–H and O–H groups in total. The first-order valence-corrected chi connectivity index (χ1v) is 7.53. The molecule has 2 aromatic carbocycles. The fourth-order valence-corrected chi connectivity index (χ4v) is 3.23. The van der Waals surface area contributed by atoms with Gasteiger partial charge in [0.1, 0.15) is 0 Å². The Morgan fingerprint density at radius 2 is 1.79 bits per heavy atom. The van der Waals surface area contributed by atoms with Gasteiger partial charge in [0.2, 0.25) is 0 Å². The highest BCUT2D eigenvalue weighted by Crippen LogP contribution is 2.35. The van der Waals surface area contributed by atoms with Crippen LogP contribution in [0.1, 0.15) is 36.1 Å². The van der Waals surface area contributed by atoms with E-state index in [9.17, 15) is 0 Å². The van der Waals surface area contributed by atoms with E-state index >= 15 is 0 Å². The summed E-state index contributed by atoms with van der Waals surface area (Å²) in [5, 5.41) is 0. The standard InChI is InChI=1S/C17H21NS/c1-4-15(18)14-7-5-6-8-16(14)19-17-11-12(2)9-10-13(17)3/h5-11,15H,4,18H2,1-3H3. The van der Waals surface area contributed by atoms with Crippen molar-refractivity contribution >= 4 is 11.8 Å². The van der Waals surface area contributed by atoms with Crippen LogP contribution in [0, 0.1) is 13.8 Å². The number of nitrogens with two attached hydrogens (primary N) is 1. The van der Waals surface area contributed by atoms with Gasteiger partial charge in [0.25, 0.3) is 0 Å². The summed E-state index contributed by atoms with van der Waals surface area (Å²) in [6.45, 7) is 6.42. The molecule has 0 amide bonds. The van der Waals surface area contributed by atoms with Crippen LogP contribution in [0.4, 0.5) is 0 Å². The molecule has 0 bridgehead atoms. The molecular weight excluding hydrogens is 250 g/mol. The van der Waals surface area contributed by atoms with Crippen molar-refractivity contribution in [1.82, 2.24) is 0 Å². The monoisotopic (exact) mass is 271 g/mol. The van der Waals surface area contributed by atoms with Crippen molar-refractivity contribution in [2.24, 2.45) is 5.73 Å². The molecule has 0 heterocycles. The molecule has 1 atom stereocenters. The van der Waals surface area contributed by atoms with Crippen LogP contribution >= 0.6 is 11.8 Å². The van der Waals surface area contributed by atoms with Crippen LogP contribution in [0.2, 0.25) is 0 Å². The summed E-state index contributed by atoms with van der Waals surface area (Å²) in [5.74, 6) is 0. The molecule has 0 saturated carbocycles. The van der Waals surface area contributed by atoms with E-state index in [1.165, 1.54) is 26.5 Å². The Bertz CT molecular complexity index is 563. The van der Waals surface area contributed by atoms with Gasteiger partial charge in [-0.2, -0.15) is 0 Å². The van der Waals surface area contributed by atoms with Crippen LogP contribution in [0.3, 0.4) is 0 Å². The van der Waals surface area contributed by atoms with Gasteiger partial charge in [-0.15, -0.1) is 0 Å². The number of hydrogen-bond acceptors (Lipinski definition) is 2. The first-order chi connectivity index (χ1) is 9.11. The fraction of sp³-hybridized carbons (Fsp3) is 0.294. The van der Waals surface area contributed by atoms with Gasteiger partial charge in [-0.1, -0.05) is 49.0 Å². The van der Waals surface area contributed by atoms with Crippen LogP contribution in [0.5, 0.6) is 0 Å². The van der Waals surface area contributed by atoms with Gasteiger partial charge in [0, 0.05) is 15.8 Å². The predicted octanol–water partition coefficient (Wildman–Crippen LogP) is 4.86. The lowest BCUT2D eigenvalue weighted by molar-refractivity contribution is 0.685. The Balaban J connectivity index is 2.35. The topological polar surface area (TPSA) is 26.0 Å². The maximum Gasteiger partial charge on any atom is 0.0303 e. The zero-order valence-corrected chi connectivity index (χ0v) is 12.6. The Kier molecular flexibility index (Phi) is 4.67. The Morgan fingerprint density at radius 1 is 1.05 bits per heavy atom. The summed E-state index contributed by atoms with van der Waals surface area (Å²) < 4.78 is 0. The van der Waals surface area contributed by atoms with Gasteiger partial charge in [-0.25, -0.2) is 0 Å². The molecule has 0 aliphatic heterocycles. The van der Waals surface area contributed by atoms with Crippen molar-refractivity contribution in [2.75, 3.05) is 0 Å². The molecule has 0 aromatic heterocycles. The van der Waals surface area contributed by atoms with E-state index in [-0.39, 0.29) is 6.04 Å². The van der Waals surface area contributed by atoms with Crippen LogP contribution < -0.4 is 5.73 Å². The summed E-state index contributed by atoms with van der Waals surface area (Å²) in [6.07, 6.45) is 0.963. The third-order valence-corrected chi connectivity index (χ3v) is 4.57. The number of aryl methyl sites for hydroxylation is 2. The second kappa shape index (κ2) is 6.27. The van der Waals surface area contributed by atoms with E-state index in [0.717, 1.165) is 6.42 Å². The average molecular weight is 271 g/mol.